The van der Waals surface area contributed by atoms with Crippen LogP contribution in [0.3, 0.4) is 0 Å². The highest BCUT2D eigenvalue weighted by molar-refractivity contribution is 6.18. The molecule has 2 unspecified atom stereocenters. The van der Waals surface area contributed by atoms with Gasteiger partial charge in [-0.1, -0.05) is 30.3 Å². The Kier molecular flexibility index (Phi) is 4.34. The molecule has 0 aromatic heterocycles. The van der Waals surface area contributed by atoms with Crippen LogP contribution in [0.5, 0.6) is 5.75 Å². The van der Waals surface area contributed by atoms with Crippen molar-refractivity contribution in [3.05, 3.63) is 60.2 Å². The molecule has 114 valence electrons. The van der Waals surface area contributed by atoms with Crippen LogP contribution >= 0.6 is 11.6 Å². The normalized spacial score (nSPS) is 20.6. The van der Waals surface area contributed by atoms with Crippen LogP contribution < -0.4 is 9.64 Å². The van der Waals surface area contributed by atoms with Crippen LogP contribution in [0.2, 0.25) is 0 Å². The van der Waals surface area contributed by atoms with Crippen LogP contribution in [0.4, 0.5) is 5.69 Å². The van der Waals surface area contributed by atoms with E-state index in [4.69, 9.17) is 16.3 Å². The summed E-state index contributed by atoms with van der Waals surface area (Å²) in [7, 11) is 1.63. The number of ether oxygens (including phenoxy) is 1. The minimum atomic E-state index is -0.0398. The Hall–Kier alpha value is -2.00. The predicted molar refractivity (Wildman–Crippen MR) is 88.5 cm³/mol. The van der Waals surface area contributed by atoms with Crippen molar-refractivity contribution in [3.63, 3.8) is 0 Å². The number of hydrogen-bond donors (Lipinski definition) is 0. The summed E-state index contributed by atoms with van der Waals surface area (Å²) in [5, 5.41) is 0. The summed E-state index contributed by atoms with van der Waals surface area (Å²) >= 11 is 5.87. The fourth-order valence-corrected chi connectivity index (χ4v) is 3.24. The maximum Gasteiger partial charge on any atom is 0.233 e. The van der Waals surface area contributed by atoms with Crippen molar-refractivity contribution in [3.8, 4) is 5.75 Å². The molecule has 1 aliphatic heterocycles. The molecule has 3 nitrogen and oxygen atoms in total. The molecule has 0 saturated carbocycles. The number of nitrogens with zero attached hydrogens (tertiary/aromatic N) is 1. The number of anilines is 1. The van der Waals surface area contributed by atoms with Gasteiger partial charge in [-0.2, -0.15) is 0 Å². The third-order valence-corrected chi connectivity index (χ3v) is 4.34. The smallest absolute Gasteiger partial charge is 0.233 e. The average molecular weight is 316 g/mol. The Morgan fingerprint density at radius 1 is 1.09 bits per heavy atom. The molecule has 1 saturated heterocycles. The number of β-lactam (4-membered cyclic amide) rings is 1. The van der Waals surface area contributed by atoms with E-state index in [9.17, 15) is 4.79 Å². The quantitative estimate of drug-likeness (QED) is 0.616. The van der Waals surface area contributed by atoms with Crippen molar-refractivity contribution in [1.82, 2.24) is 0 Å². The molecule has 1 amide bonds. The fraction of sp³-hybridized carbons (Fsp3) is 0.278. The van der Waals surface area contributed by atoms with Gasteiger partial charge in [0, 0.05) is 11.6 Å². The molecule has 2 atom stereocenters. The van der Waals surface area contributed by atoms with Crippen molar-refractivity contribution >= 4 is 23.2 Å². The van der Waals surface area contributed by atoms with Gasteiger partial charge in [0.25, 0.3) is 0 Å². The molecular formula is C18H18ClNO2. The second-order valence-corrected chi connectivity index (χ2v) is 5.72. The molecule has 0 radical (unpaired) electrons. The molecule has 0 aliphatic carbocycles. The van der Waals surface area contributed by atoms with Crippen LogP contribution in [0.15, 0.2) is 54.6 Å². The van der Waals surface area contributed by atoms with E-state index in [0.717, 1.165) is 17.0 Å². The number of rotatable bonds is 5. The summed E-state index contributed by atoms with van der Waals surface area (Å²) in [6.07, 6.45) is 0.701. The molecule has 0 N–H and O–H groups in total. The summed E-state index contributed by atoms with van der Waals surface area (Å²) in [6.45, 7) is 0. The van der Waals surface area contributed by atoms with Crippen molar-refractivity contribution in [2.75, 3.05) is 17.9 Å². The maximum atomic E-state index is 12.5. The number of alkyl halides is 1. The molecule has 0 bridgehead atoms. The van der Waals surface area contributed by atoms with Crippen LogP contribution in [-0.2, 0) is 4.79 Å². The van der Waals surface area contributed by atoms with Crippen molar-refractivity contribution in [2.45, 2.75) is 12.5 Å². The summed E-state index contributed by atoms with van der Waals surface area (Å²) in [4.78, 5) is 14.4. The highest BCUT2D eigenvalue weighted by Crippen LogP contribution is 2.45. The SMILES string of the molecule is COc1ccc(N2C(=O)C(CCCl)C2c2ccccc2)cc1. The summed E-state index contributed by atoms with van der Waals surface area (Å²) < 4.78 is 5.18. The number of benzene rings is 2. The number of halogens is 1. The maximum absolute atomic E-state index is 12.5. The first-order valence-electron chi connectivity index (χ1n) is 7.34. The van der Waals surface area contributed by atoms with Crippen LogP contribution in [0.1, 0.15) is 18.0 Å². The van der Waals surface area contributed by atoms with Gasteiger partial charge in [-0.25, -0.2) is 0 Å². The molecule has 3 rings (SSSR count). The Bertz CT molecular complexity index is 642. The Morgan fingerprint density at radius 3 is 2.36 bits per heavy atom. The van der Waals surface area contributed by atoms with Gasteiger partial charge in [-0.15, -0.1) is 11.6 Å². The zero-order valence-corrected chi connectivity index (χ0v) is 13.2. The Balaban J connectivity index is 1.92. The molecule has 1 heterocycles. The molecular weight excluding hydrogens is 298 g/mol. The van der Waals surface area contributed by atoms with Gasteiger partial charge in [0.2, 0.25) is 5.91 Å². The van der Waals surface area contributed by atoms with Gasteiger partial charge in [0.05, 0.1) is 19.1 Å². The fourth-order valence-electron chi connectivity index (χ4n) is 3.01. The number of carbonyl (C=O) groups excluding carboxylic acids is 1. The van der Waals surface area contributed by atoms with Gasteiger partial charge in [0.15, 0.2) is 0 Å². The highest BCUT2D eigenvalue weighted by atomic mass is 35.5. The molecule has 2 aromatic rings. The first kappa shape index (κ1) is 14.9. The van der Waals surface area contributed by atoms with E-state index >= 15 is 0 Å². The number of carbonyl (C=O) groups is 1. The summed E-state index contributed by atoms with van der Waals surface area (Å²) in [5.74, 6) is 1.38. The number of methoxy groups -OCH3 is 1. The van der Waals surface area contributed by atoms with Gasteiger partial charge in [-0.3, -0.25) is 4.79 Å². The molecule has 4 heteroatoms. The third-order valence-electron chi connectivity index (χ3n) is 4.13. The first-order valence-corrected chi connectivity index (χ1v) is 7.87. The Morgan fingerprint density at radius 2 is 1.77 bits per heavy atom. The van der Waals surface area contributed by atoms with Crippen molar-refractivity contribution in [2.24, 2.45) is 5.92 Å². The lowest BCUT2D eigenvalue weighted by Gasteiger charge is -2.47. The van der Waals surface area contributed by atoms with Gasteiger partial charge < -0.3 is 9.64 Å². The topological polar surface area (TPSA) is 29.5 Å². The number of hydrogen-bond acceptors (Lipinski definition) is 2. The highest BCUT2D eigenvalue weighted by Gasteiger charge is 2.47. The van der Waals surface area contributed by atoms with Crippen molar-refractivity contribution < 1.29 is 9.53 Å². The number of amides is 1. The minimum absolute atomic E-state index is 0.0398. The van der Waals surface area contributed by atoms with E-state index in [1.807, 2.05) is 47.4 Å². The summed E-state index contributed by atoms with van der Waals surface area (Å²) in [6, 6.07) is 17.8. The molecule has 1 fully saturated rings. The van der Waals surface area contributed by atoms with Crippen LogP contribution in [0, 0.1) is 5.92 Å². The molecule has 2 aromatic carbocycles. The zero-order chi connectivity index (χ0) is 15.5. The average Bonchev–Trinajstić information content (AvgIpc) is 2.58. The van der Waals surface area contributed by atoms with E-state index in [-0.39, 0.29) is 17.9 Å². The standard InChI is InChI=1S/C18H18ClNO2/c1-22-15-9-7-14(8-10-15)20-17(13-5-3-2-4-6-13)16(11-12-19)18(20)21/h2-10,16-17H,11-12H2,1H3. The van der Waals surface area contributed by atoms with E-state index < -0.39 is 0 Å². The van der Waals surface area contributed by atoms with Crippen LogP contribution in [0.25, 0.3) is 0 Å². The van der Waals surface area contributed by atoms with E-state index in [2.05, 4.69) is 12.1 Å². The van der Waals surface area contributed by atoms with Gasteiger partial charge in [0.1, 0.15) is 5.75 Å². The lowest BCUT2D eigenvalue weighted by Crippen LogP contribution is -2.55. The molecule has 1 aliphatic rings. The monoisotopic (exact) mass is 315 g/mol. The lowest BCUT2D eigenvalue weighted by atomic mass is 9.80. The van der Waals surface area contributed by atoms with Crippen molar-refractivity contribution in [1.29, 1.82) is 0 Å². The largest absolute Gasteiger partial charge is 0.497 e. The third kappa shape index (κ3) is 2.57. The van der Waals surface area contributed by atoms with Gasteiger partial charge in [-0.05, 0) is 36.2 Å². The zero-order valence-electron chi connectivity index (χ0n) is 12.4. The minimum Gasteiger partial charge on any atom is -0.497 e. The van der Waals surface area contributed by atoms with Gasteiger partial charge >= 0.3 is 0 Å². The summed E-state index contributed by atoms with van der Waals surface area (Å²) in [5.41, 5.74) is 2.04. The lowest BCUT2D eigenvalue weighted by molar-refractivity contribution is -0.130. The van der Waals surface area contributed by atoms with E-state index in [1.54, 1.807) is 7.11 Å². The van der Waals surface area contributed by atoms with Crippen LogP contribution in [-0.4, -0.2) is 18.9 Å². The van der Waals surface area contributed by atoms with E-state index in [0.29, 0.717) is 12.3 Å². The second-order valence-electron chi connectivity index (χ2n) is 5.35. The first-order chi connectivity index (χ1) is 10.8. The molecule has 0 spiro atoms. The molecule has 22 heavy (non-hydrogen) atoms. The Labute approximate surface area is 135 Å². The van der Waals surface area contributed by atoms with E-state index in [1.165, 1.54) is 0 Å². The predicted octanol–water partition coefficient (Wildman–Crippen LogP) is 4.03. The second kappa shape index (κ2) is 6.41.